The van der Waals surface area contributed by atoms with E-state index in [9.17, 15) is 5.11 Å². The molecule has 3 nitrogen and oxygen atoms in total. The van der Waals surface area contributed by atoms with Crippen molar-refractivity contribution in [3.63, 3.8) is 0 Å². The molecule has 1 saturated heterocycles. The van der Waals surface area contributed by atoms with Crippen molar-refractivity contribution >= 4 is 0 Å². The van der Waals surface area contributed by atoms with Gasteiger partial charge in [0.2, 0.25) is 0 Å². The summed E-state index contributed by atoms with van der Waals surface area (Å²) in [4.78, 5) is 0. The number of phenols is 1. The Morgan fingerprint density at radius 1 is 1.40 bits per heavy atom. The minimum Gasteiger partial charge on any atom is -0.508 e. The van der Waals surface area contributed by atoms with Crippen molar-refractivity contribution in [1.82, 2.24) is 0 Å². The van der Waals surface area contributed by atoms with Gasteiger partial charge in [0.25, 0.3) is 0 Å². The molecule has 2 rings (SSSR count). The fraction of sp³-hybridized carbons (Fsp3) is 0.500. The Balaban J connectivity index is 1.81. The fourth-order valence-corrected chi connectivity index (χ4v) is 1.68. The smallest absolute Gasteiger partial charge is 0.158 e. The number of aromatic hydroxyl groups is 1. The van der Waals surface area contributed by atoms with Crippen LogP contribution < -0.4 is 0 Å². The number of rotatable bonds is 3. The van der Waals surface area contributed by atoms with Gasteiger partial charge in [0.1, 0.15) is 5.75 Å². The molecule has 1 unspecified atom stereocenters. The standard InChI is InChI=1S/C12H16O3/c13-11-5-3-4-10(8-11)9-15-12-6-1-2-7-14-12/h3-5,8,12-13H,1-2,6-7,9H2. The molecule has 1 N–H and O–H groups in total. The van der Waals surface area contributed by atoms with E-state index in [1.165, 1.54) is 6.42 Å². The third-order valence-electron chi connectivity index (χ3n) is 2.48. The van der Waals surface area contributed by atoms with Crippen LogP contribution in [0.3, 0.4) is 0 Å². The van der Waals surface area contributed by atoms with E-state index in [0.717, 1.165) is 25.0 Å². The molecule has 0 saturated carbocycles. The number of hydrogen-bond acceptors (Lipinski definition) is 3. The van der Waals surface area contributed by atoms with Gasteiger partial charge in [-0.3, -0.25) is 0 Å². The summed E-state index contributed by atoms with van der Waals surface area (Å²) in [7, 11) is 0. The lowest BCUT2D eigenvalue weighted by molar-refractivity contribution is -0.168. The van der Waals surface area contributed by atoms with Crippen LogP contribution in [0.25, 0.3) is 0 Å². The predicted octanol–water partition coefficient (Wildman–Crippen LogP) is 2.44. The van der Waals surface area contributed by atoms with Crippen molar-refractivity contribution in [1.29, 1.82) is 0 Å². The van der Waals surface area contributed by atoms with Gasteiger partial charge in [-0.05, 0) is 37.0 Å². The van der Waals surface area contributed by atoms with Gasteiger partial charge in [-0.15, -0.1) is 0 Å². The highest BCUT2D eigenvalue weighted by Crippen LogP contribution is 2.17. The average molecular weight is 208 g/mol. The molecule has 0 radical (unpaired) electrons. The highest BCUT2D eigenvalue weighted by atomic mass is 16.7. The van der Waals surface area contributed by atoms with E-state index in [4.69, 9.17) is 9.47 Å². The lowest BCUT2D eigenvalue weighted by atomic mass is 10.2. The Labute approximate surface area is 89.6 Å². The first-order valence-electron chi connectivity index (χ1n) is 5.36. The van der Waals surface area contributed by atoms with E-state index in [2.05, 4.69) is 0 Å². The first kappa shape index (κ1) is 10.5. The molecular formula is C12H16O3. The summed E-state index contributed by atoms with van der Waals surface area (Å²) >= 11 is 0. The number of benzene rings is 1. The second-order valence-electron chi connectivity index (χ2n) is 3.78. The summed E-state index contributed by atoms with van der Waals surface area (Å²) in [5.41, 5.74) is 0.976. The van der Waals surface area contributed by atoms with Gasteiger partial charge in [-0.2, -0.15) is 0 Å². The van der Waals surface area contributed by atoms with Crippen LogP contribution in [0.15, 0.2) is 24.3 Å². The second-order valence-corrected chi connectivity index (χ2v) is 3.78. The van der Waals surface area contributed by atoms with E-state index in [1.54, 1.807) is 12.1 Å². The highest BCUT2D eigenvalue weighted by Gasteiger charge is 2.13. The maximum Gasteiger partial charge on any atom is 0.158 e. The van der Waals surface area contributed by atoms with Gasteiger partial charge < -0.3 is 14.6 Å². The van der Waals surface area contributed by atoms with Crippen LogP contribution >= 0.6 is 0 Å². The van der Waals surface area contributed by atoms with Crippen LogP contribution in [0.1, 0.15) is 24.8 Å². The van der Waals surface area contributed by atoms with Gasteiger partial charge in [0.05, 0.1) is 6.61 Å². The molecule has 3 heteroatoms. The average Bonchev–Trinajstić information content (AvgIpc) is 2.28. The van der Waals surface area contributed by atoms with Gasteiger partial charge in [0, 0.05) is 6.61 Å². The third-order valence-corrected chi connectivity index (χ3v) is 2.48. The van der Waals surface area contributed by atoms with Crippen LogP contribution in [0.4, 0.5) is 0 Å². The van der Waals surface area contributed by atoms with Crippen molar-refractivity contribution in [3.8, 4) is 5.75 Å². The molecule has 1 aromatic carbocycles. The van der Waals surface area contributed by atoms with Crippen molar-refractivity contribution in [2.75, 3.05) is 6.61 Å². The molecule has 0 aromatic heterocycles. The molecule has 1 aromatic rings. The molecule has 0 aliphatic carbocycles. The molecule has 1 aliphatic rings. The lowest BCUT2D eigenvalue weighted by Gasteiger charge is -2.22. The molecule has 1 fully saturated rings. The molecule has 1 heterocycles. The van der Waals surface area contributed by atoms with Crippen molar-refractivity contribution in [2.24, 2.45) is 0 Å². The summed E-state index contributed by atoms with van der Waals surface area (Å²) in [5.74, 6) is 0.278. The van der Waals surface area contributed by atoms with E-state index in [-0.39, 0.29) is 12.0 Å². The minimum absolute atomic E-state index is 0.0684. The van der Waals surface area contributed by atoms with E-state index in [1.807, 2.05) is 12.1 Å². The van der Waals surface area contributed by atoms with Gasteiger partial charge in [-0.25, -0.2) is 0 Å². The van der Waals surface area contributed by atoms with Crippen LogP contribution in [0.5, 0.6) is 5.75 Å². The maximum atomic E-state index is 9.26. The first-order chi connectivity index (χ1) is 7.34. The van der Waals surface area contributed by atoms with Crippen LogP contribution in [-0.4, -0.2) is 18.0 Å². The molecule has 15 heavy (non-hydrogen) atoms. The SMILES string of the molecule is Oc1cccc(COC2CCCCO2)c1. The quantitative estimate of drug-likeness (QED) is 0.829. The maximum absolute atomic E-state index is 9.26. The Morgan fingerprint density at radius 3 is 3.07 bits per heavy atom. The van der Waals surface area contributed by atoms with Crippen molar-refractivity contribution in [2.45, 2.75) is 32.2 Å². The number of hydrogen-bond donors (Lipinski definition) is 1. The van der Waals surface area contributed by atoms with Crippen LogP contribution in [0, 0.1) is 0 Å². The lowest BCUT2D eigenvalue weighted by Crippen LogP contribution is -2.21. The Hall–Kier alpha value is -1.06. The fourth-order valence-electron chi connectivity index (χ4n) is 1.68. The number of phenolic OH excluding ortho intramolecular Hbond substituents is 1. The first-order valence-corrected chi connectivity index (χ1v) is 5.36. The Bertz CT molecular complexity index is 305. The minimum atomic E-state index is -0.0684. The Kier molecular flexibility index (Phi) is 3.59. The van der Waals surface area contributed by atoms with E-state index in [0.29, 0.717) is 6.61 Å². The summed E-state index contributed by atoms with van der Waals surface area (Å²) in [6.07, 6.45) is 3.20. The monoisotopic (exact) mass is 208 g/mol. The summed E-state index contributed by atoms with van der Waals surface area (Å²) in [5, 5.41) is 9.26. The summed E-state index contributed by atoms with van der Waals surface area (Å²) in [6, 6.07) is 7.11. The zero-order valence-electron chi connectivity index (χ0n) is 8.69. The molecule has 0 bridgehead atoms. The molecule has 1 aliphatic heterocycles. The zero-order chi connectivity index (χ0) is 10.5. The van der Waals surface area contributed by atoms with Gasteiger partial charge >= 0.3 is 0 Å². The molecule has 0 amide bonds. The van der Waals surface area contributed by atoms with Gasteiger partial charge in [-0.1, -0.05) is 12.1 Å². The third kappa shape index (κ3) is 3.22. The van der Waals surface area contributed by atoms with Crippen molar-refractivity contribution in [3.05, 3.63) is 29.8 Å². The van der Waals surface area contributed by atoms with E-state index < -0.39 is 0 Å². The number of ether oxygens (including phenoxy) is 2. The Morgan fingerprint density at radius 2 is 2.33 bits per heavy atom. The highest BCUT2D eigenvalue weighted by molar-refractivity contribution is 5.26. The van der Waals surface area contributed by atoms with Crippen LogP contribution in [-0.2, 0) is 16.1 Å². The van der Waals surface area contributed by atoms with Gasteiger partial charge in [0.15, 0.2) is 6.29 Å². The largest absolute Gasteiger partial charge is 0.508 e. The predicted molar refractivity (Wildman–Crippen MR) is 56.5 cm³/mol. The summed E-state index contributed by atoms with van der Waals surface area (Å²) < 4.78 is 11.0. The zero-order valence-corrected chi connectivity index (χ0v) is 8.69. The second kappa shape index (κ2) is 5.14. The molecule has 1 atom stereocenters. The molecule has 0 spiro atoms. The molecular weight excluding hydrogens is 192 g/mol. The summed E-state index contributed by atoms with van der Waals surface area (Å²) in [6.45, 7) is 1.30. The van der Waals surface area contributed by atoms with Crippen LogP contribution in [0.2, 0.25) is 0 Å². The van der Waals surface area contributed by atoms with E-state index >= 15 is 0 Å². The molecule has 82 valence electrons. The topological polar surface area (TPSA) is 38.7 Å². The normalized spacial score (nSPS) is 21.5. The van der Waals surface area contributed by atoms with Crippen molar-refractivity contribution < 1.29 is 14.6 Å².